The molecule has 20 heavy (non-hydrogen) atoms. The average Bonchev–Trinajstić information content (AvgIpc) is 2.94. The molecule has 0 N–H and O–H groups in total. The molecule has 4 nitrogen and oxygen atoms in total. The van der Waals surface area contributed by atoms with Crippen LogP contribution in [0.25, 0.3) is 0 Å². The van der Waals surface area contributed by atoms with Gasteiger partial charge in [0.1, 0.15) is 0 Å². The first kappa shape index (κ1) is 14.8. The van der Waals surface area contributed by atoms with E-state index in [1.807, 2.05) is 0 Å². The molecule has 4 heteroatoms. The fraction of sp³-hybridized carbons (Fsp3) is 1.00. The number of hydrogen-bond donors (Lipinski definition) is 0. The van der Waals surface area contributed by atoms with Gasteiger partial charge in [0.15, 0.2) is 0 Å². The molecule has 0 unspecified atom stereocenters. The Hall–Kier alpha value is -0.160. The summed E-state index contributed by atoms with van der Waals surface area (Å²) in [6.07, 6.45) is 5.48. The summed E-state index contributed by atoms with van der Waals surface area (Å²) in [4.78, 5) is 8.09. The molecule has 0 bridgehead atoms. The van der Waals surface area contributed by atoms with E-state index in [9.17, 15) is 0 Å². The Morgan fingerprint density at radius 3 is 2.70 bits per heavy atom. The first-order chi connectivity index (χ1) is 9.86. The second kappa shape index (κ2) is 7.21. The van der Waals surface area contributed by atoms with Crippen molar-refractivity contribution >= 4 is 0 Å². The molecule has 3 saturated heterocycles. The van der Waals surface area contributed by atoms with Crippen LogP contribution < -0.4 is 0 Å². The number of nitrogens with zero attached hydrogens (tertiary/aromatic N) is 3. The summed E-state index contributed by atoms with van der Waals surface area (Å²) in [6, 6.07) is 1.66. The van der Waals surface area contributed by atoms with E-state index in [4.69, 9.17) is 4.74 Å². The van der Waals surface area contributed by atoms with Gasteiger partial charge in [0.25, 0.3) is 0 Å². The highest BCUT2D eigenvalue weighted by Gasteiger charge is 2.35. The lowest BCUT2D eigenvalue weighted by atomic mass is 10.0. The van der Waals surface area contributed by atoms with Crippen molar-refractivity contribution in [1.29, 1.82) is 0 Å². The molecule has 0 radical (unpaired) electrons. The van der Waals surface area contributed by atoms with Gasteiger partial charge >= 0.3 is 0 Å². The van der Waals surface area contributed by atoms with E-state index in [2.05, 4.69) is 21.6 Å². The zero-order valence-electron chi connectivity index (χ0n) is 13.1. The molecule has 0 amide bonds. The normalized spacial score (nSPS) is 33.5. The van der Waals surface area contributed by atoms with Crippen molar-refractivity contribution in [3.63, 3.8) is 0 Å². The third-order valence-corrected chi connectivity index (χ3v) is 5.40. The van der Waals surface area contributed by atoms with Crippen LogP contribution in [0.5, 0.6) is 0 Å². The van der Waals surface area contributed by atoms with Crippen molar-refractivity contribution in [2.75, 3.05) is 59.0 Å². The van der Waals surface area contributed by atoms with Gasteiger partial charge < -0.3 is 4.74 Å². The van der Waals surface area contributed by atoms with Crippen LogP contribution in [0.4, 0.5) is 0 Å². The van der Waals surface area contributed by atoms with E-state index >= 15 is 0 Å². The molecular weight excluding hydrogens is 250 g/mol. The minimum atomic E-state index is 0.800. The van der Waals surface area contributed by atoms with E-state index < -0.39 is 0 Å². The minimum absolute atomic E-state index is 0.800. The molecule has 3 rings (SSSR count). The van der Waals surface area contributed by atoms with Crippen molar-refractivity contribution in [3.8, 4) is 0 Å². The minimum Gasteiger partial charge on any atom is -0.379 e. The summed E-state index contributed by atoms with van der Waals surface area (Å²) in [5.74, 6) is 0. The summed E-state index contributed by atoms with van der Waals surface area (Å²) in [6.45, 7) is 13.0. The number of rotatable bonds is 5. The molecule has 0 aliphatic carbocycles. The van der Waals surface area contributed by atoms with E-state index in [0.717, 1.165) is 38.4 Å². The van der Waals surface area contributed by atoms with Crippen LogP contribution >= 0.6 is 0 Å². The van der Waals surface area contributed by atoms with Gasteiger partial charge in [-0.05, 0) is 45.3 Å². The van der Waals surface area contributed by atoms with Gasteiger partial charge in [-0.25, -0.2) is 0 Å². The Balaban J connectivity index is 1.43. The van der Waals surface area contributed by atoms with Gasteiger partial charge in [0.2, 0.25) is 0 Å². The largest absolute Gasteiger partial charge is 0.379 e. The molecule has 0 aromatic carbocycles. The van der Waals surface area contributed by atoms with Crippen LogP contribution in [0.15, 0.2) is 0 Å². The Labute approximate surface area is 124 Å². The van der Waals surface area contributed by atoms with E-state index in [-0.39, 0.29) is 0 Å². The predicted octanol–water partition coefficient (Wildman–Crippen LogP) is 1.27. The Bertz CT molecular complexity index is 293. The first-order valence-corrected chi connectivity index (χ1v) is 8.65. The van der Waals surface area contributed by atoms with Gasteiger partial charge in [-0.3, -0.25) is 14.7 Å². The summed E-state index contributed by atoms with van der Waals surface area (Å²) in [5.41, 5.74) is 0. The maximum Gasteiger partial charge on any atom is 0.0594 e. The van der Waals surface area contributed by atoms with Crippen molar-refractivity contribution in [1.82, 2.24) is 14.7 Å². The zero-order valence-corrected chi connectivity index (χ0v) is 13.1. The molecule has 0 spiro atoms. The zero-order chi connectivity index (χ0) is 13.8. The molecule has 0 aromatic heterocycles. The topological polar surface area (TPSA) is 19.0 Å². The second-order valence-corrected chi connectivity index (χ2v) is 6.66. The lowest BCUT2D eigenvalue weighted by Crippen LogP contribution is -2.56. The average molecular weight is 281 g/mol. The maximum atomic E-state index is 5.42. The van der Waals surface area contributed by atoms with Gasteiger partial charge in [0, 0.05) is 38.3 Å². The summed E-state index contributed by atoms with van der Waals surface area (Å²) in [7, 11) is 0. The lowest BCUT2D eigenvalue weighted by molar-refractivity contribution is 0.0268. The smallest absolute Gasteiger partial charge is 0.0594 e. The molecule has 0 aromatic rings. The molecule has 3 aliphatic heterocycles. The van der Waals surface area contributed by atoms with Gasteiger partial charge in [-0.2, -0.15) is 0 Å². The Morgan fingerprint density at radius 2 is 1.90 bits per heavy atom. The van der Waals surface area contributed by atoms with Crippen LogP contribution in [0.1, 0.15) is 32.6 Å². The SMILES string of the molecule is CC[C@@H]1CN2CCC[C@H]2CN1CCCN1CCOCC1. The summed E-state index contributed by atoms with van der Waals surface area (Å²) in [5, 5.41) is 0. The van der Waals surface area contributed by atoms with Crippen molar-refractivity contribution in [2.24, 2.45) is 0 Å². The molecule has 3 fully saturated rings. The molecule has 116 valence electrons. The lowest BCUT2D eigenvalue weighted by Gasteiger charge is -2.43. The molecule has 0 saturated carbocycles. The quantitative estimate of drug-likeness (QED) is 0.755. The fourth-order valence-corrected chi connectivity index (χ4v) is 4.13. The highest BCUT2D eigenvalue weighted by atomic mass is 16.5. The Morgan fingerprint density at radius 1 is 1.05 bits per heavy atom. The second-order valence-electron chi connectivity index (χ2n) is 6.66. The molecule has 3 heterocycles. The van der Waals surface area contributed by atoms with Crippen molar-refractivity contribution in [2.45, 2.75) is 44.7 Å². The highest BCUT2D eigenvalue weighted by Crippen LogP contribution is 2.25. The van der Waals surface area contributed by atoms with Crippen LogP contribution in [0, 0.1) is 0 Å². The van der Waals surface area contributed by atoms with Crippen LogP contribution in [0.2, 0.25) is 0 Å². The first-order valence-electron chi connectivity index (χ1n) is 8.65. The molecular formula is C16H31N3O. The van der Waals surface area contributed by atoms with Gasteiger partial charge in [-0.1, -0.05) is 6.92 Å². The maximum absolute atomic E-state index is 5.42. The number of morpholine rings is 1. The van der Waals surface area contributed by atoms with E-state index in [1.54, 1.807) is 0 Å². The summed E-state index contributed by atoms with van der Waals surface area (Å²) < 4.78 is 5.42. The Kier molecular flexibility index (Phi) is 5.32. The van der Waals surface area contributed by atoms with Crippen molar-refractivity contribution in [3.05, 3.63) is 0 Å². The van der Waals surface area contributed by atoms with E-state index in [0.29, 0.717) is 0 Å². The highest BCUT2D eigenvalue weighted by molar-refractivity contribution is 4.91. The van der Waals surface area contributed by atoms with Crippen molar-refractivity contribution < 1.29 is 4.74 Å². The van der Waals surface area contributed by atoms with Gasteiger partial charge in [0.05, 0.1) is 13.2 Å². The van der Waals surface area contributed by atoms with Crippen LogP contribution in [-0.2, 0) is 4.74 Å². The van der Waals surface area contributed by atoms with Crippen LogP contribution in [0.3, 0.4) is 0 Å². The van der Waals surface area contributed by atoms with E-state index in [1.165, 1.54) is 58.4 Å². The number of ether oxygens (including phenoxy) is 1. The predicted molar refractivity (Wildman–Crippen MR) is 82.1 cm³/mol. The number of hydrogen-bond acceptors (Lipinski definition) is 4. The molecule has 3 aliphatic rings. The fourth-order valence-electron chi connectivity index (χ4n) is 4.13. The number of fused-ring (bicyclic) bond motifs is 1. The monoisotopic (exact) mass is 281 g/mol. The third kappa shape index (κ3) is 3.53. The number of piperazine rings is 1. The van der Waals surface area contributed by atoms with Crippen LogP contribution in [-0.4, -0.2) is 85.8 Å². The van der Waals surface area contributed by atoms with Gasteiger partial charge in [-0.15, -0.1) is 0 Å². The standard InChI is InChI=1S/C16H31N3O/c1-2-15-13-19-7-3-5-16(19)14-18(15)8-4-6-17-9-11-20-12-10-17/h15-16H,2-14H2,1H3/t15-,16+/m1/s1. The molecule has 2 atom stereocenters. The summed E-state index contributed by atoms with van der Waals surface area (Å²) >= 11 is 0. The third-order valence-electron chi connectivity index (χ3n) is 5.40.